The van der Waals surface area contributed by atoms with E-state index >= 15 is 0 Å². The molecule has 0 heterocycles. The monoisotopic (exact) mass is 492 g/mol. The van der Waals surface area contributed by atoms with E-state index in [-0.39, 0.29) is 19.0 Å². The van der Waals surface area contributed by atoms with Crippen LogP contribution in [0, 0.1) is 5.41 Å². The number of hydrogen-bond donors (Lipinski definition) is 3. The van der Waals surface area contributed by atoms with E-state index in [0.717, 1.165) is 11.1 Å². The number of nitrogens with two attached hydrogens (primary N) is 1. The van der Waals surface area contributed by atoms with Crippen LogP contribution in [0.5, 0.6) is 5.75 Å². The number of aliphatic hydroxyl groups excluding tert-OH is 1. The Hall–Kier alpha value is -4.68. The molecule has 0 saturated carbocycles. The summed E-state index contributed by atoms with van der Waals surface area (Å²) in [6, 6.07) is 29.6. The molecule has 4 rings (SSSR count). The van der Waals surface area contributed by atoms with Crippen molar-refractivity contribution in [3.63, 3.8) is 0 Å². The number of amidine groups is 1. The molecule has 0 atom stereocenters. The second-order valence-electron chi connectivity index (χ2n) is 8.37. The molecule has 0 aliphatic carbocycles. The second-order valence-corrected chi connectivity index (χ2v) is 8.37. The molecular formula is C31H28N2O4. The minimum absolute atomic E-state index is 0.0646. The standard InChI is InChI=1S/C31H28N2O4/c32-30(33)25-15-17-29(36-20-22-8-3-1-4-9-22)24(18-25)14-16-27-26(19-34)12-7-13-28(27)31(35)37-21-23-10-5-2-6-11-23/h1-18,34H,19-21H2,(H3,32,33)/b16-14+. The van der Waals surface area contributed by atoms with Crippen LogP contribution < -0.4 is 10.5 Å². The van der Waals surface area contributed by atoms with Crippen molar-refractivity contribution >= 4 is 24.0 Å². The van der Waals surface area contributed by atoms with Crippen LogP contribution >= 0.6 is 0 Å². The van der Waals surface area contributed by atoms with Gasteiger partial charge in [0.15, 0.2) is 0 Å². The fourth-order valence-corrected chi connectivity index (χ4v) is 3.81. The van der Waals surface area contributed by atoms with Gasteiger partial charge in [0.1, 0.15) is 24.8 Å². The summed E-state index contributed by atoms with van der Waals surface area (Å²) in [6.07, 6.45) is 3.54. The molecule has 0 amide bonds. The lowest BCUT2D eigenvalue weighted by Crippen LogP contribution is -2.11. The van der Waals surface area contributed by atoms with E-state index in [1.54, 1.807) is 48.6 Å². The van der Waals surface area contributed by atoms with Crippen LogP contribution in [0.1, 0.15) is 43.7 Å². The average Bonchev–Trinajstić information content (AvgIpc) is 2.94. The first-order chi connectivity index (χ1) is 18.0. The van der Waals surface area contributed by atoms with Crippen LogP contribution in [0.3, 0.4) is 0 Å². The number of rotatable bonds is 10. The Bertz CT molecular complexity index is 1400. The predicted molar refractivity (Wildman–Crippen MR) is 145 cm³/mol. The van der Waals surface area contributed by atoms with E-state index in [1.807, 2.05) is 60.7 Å². The summed E-state index contributed by atoms with van der Waals surface area (Å²) in [5.41, 5.74) is 10.3. The average molecular weight is 493 g/mol. The molecule has 0 aromatic heterocycles. The van der Waals surface area contributed by atoms with Gasteiger partial charge in [0.25, 0.3) is 0 Å². The SMILES string of the molecule is N=C(N)c1ccc(OCc2ccccc2)c(/C=C/c2c(CO)cccc2C(=O)OCc2ccccc2)c1. The highest BCUT2D eigenvalue weighted by Crippen LogP contribution is 2.26. The minimum atomic E-state index is -0.489. The van der Waals surface area contributed by atoms with Gasteiger partial charge in [-0.25, -0.2) is 4.79 Å². The van der Waals surface area contributed by atoms with Gasteiger partial charge in [0.2, 0.25) is 0 Å². The van der Waals surface area contributed by atoms with Crippen LogP contribution in [0.2, 0.25) is 0 Å². The highest BCUT2D eigenvalue weighted by molar-refractivity contribution is 5.97. The minimum Gasteiger partial charge on any atom is -0.488 e. The molecule has 4 aromatic rings. The smallest absolute Gasteiger partial charge is 0.339 e. The lowest BCUT2D eigenvalue weighted by Gasteiger charge is -2.13. The number of nitrogen functional groups attached to an aromatic ring is 1. The van der Waals surface area contributed by atoms with Gasteiger partial charge in [-0.05, 0) is 46.5 Å². The molecule has 0 radical (unpaired) electrons. The van der Waals surface area contributed by atoms with Crippen molar-refractivity contribution in [1.29, 1.82) is 5.41 Å². The van der Waals surface area contributed by atoms with Crippen molar-refractivity contribution < 1.29 is 19.4 Å². The summed E-state index contributed by atoms with van der Waals surface area (Å²) in [5, 5.41) is 17.8. The van der Waals surface area contributed by atoms with Crippen LogP contribution in [0.15, 0.2) is 97.1 Å². The number of hydrogen-bond acceptors (Lipinski definition) is 5. The van der Waals surface area contributed by atoms with Crippen LogP contribution in [-0.2, 0) is 24.6 Å². The number of carbonyl (C=O) groups is 1. The first-order valence-corrected chi connectivity index (χ1v) is 11.8. The summed E-state index contributed by atoms with van der Waals surface area (Å²) >= 11 is 0. The maximum Gasteiger partial charge on any atom is 0.339 e. The number of ether oxygens (including phenoxy) is 2. The Morgan fingerprint density at radius 1 is 0.838 bits per heavy atom. The Morgan fingerprint density at radius 2 is 1.51 bits per heavy atom. The molecule has 4 aromatic carbocycles. The fraction of sp³-hybridized carbons (Fsp3) is 0.0968. The summed E-state index contributed by atoms with van der Waals surface area (Å²) in [6.45, 7) is 0.264. The normalized spacial score (nSPS) is 10.8. The Kier molecular flexibility index (Phi) is 8.47. The van der Waals surface area contributed by atoms with Gasteiger partial charge in [0, 0.05) is 11.1 Å². The number of esters is 1. The molecule has 6 heteroatoms. The third-order valence-corrected chi connectivity index (χ3v) is 5.79. The summed E-state index contributed by atoms with van der Waals surface area (Å²) in [4.78, 5) is 13.0. The van der Waals surface area contributed by atoms with Crippen molar-refractivity contribution in [2.45, 2.75) is 19.8 Å². The van der Waals surface area contributed by atoms with Gasteiger partial charge in [-0.1, -0.05) is 84.9 Å². The van der Waals surface area contributed by atoms with Crippen molar-refractivity contribution in [3.8, 4) is 5.75 Å². The quantitative estimate of drug-likeness (QED) is 0.116. The van der Waals surface area contributed by atoms with E-state index in [9.17, 15) is 9.90 Å². The fourth-order valence-electron chi connectivity index (χ4n) is 3.81. The third-order valence-electron chi connectivity index (χ3n) is 5.79. The zero-order valence-corrected chi connectivity index (χ0v) is 20.3. The van der Waals surface area contributed by atoms with E-state index < -0.39 is 5.97 Å². The largest absolute Gasteiger partial charge is 0.488 e. The third kappa shape index (κ3) is 6.72. The van der Waals surface area contributed by atoms with E-state index in [4.69, 9.17) is 20.6 Å². The van der Waals surface area contributed by atoms with Crippen molar-refractivity contribution in [2.24, 2.45) is 5.73 Å². The molecule has 0 spiro atoms. The zero-order valence-electron chi connectivity index (χ0n) is 20.3. The number of carbonyl (C=O) groups excluding carboxylic acids is 1. The summed E-state index contributed by atoms with van der Waals surface area (Å²) in [7, 11) is 0. The Balaban J connectivity index is 1.63. The lowest BCUT2D eigenvalue weighted by atomic mass is 9.99. The van der Waals surface area contributed by atoms with E-state index in [0.29, 0.717) is 40.2 Å². The van der Waals surface area contributed by atoms with Gasteiger partial charge < -0.3 is 20.3 Å². The van der Waals surface area contributed by atoms with Gasteiger partial charge in [-0.15, -0.1) is 0 Å². The first kappa shape index (κ1) is 25.4. The molecule has 4 N–H and O–H groups in total. The zero-order chi connectivity index (χ0) is 26.0. The van der Waals surface area contributed by atoms with Gasteiger partial charge in [-0.3, -0.25) is 5.41 Å². The van der Waals surface area contributed by atoms with Crippen LogP contribution in [0.25, 0.3) is 12.2 Å². The topological polar surface area (TPSA) is 106 Å². The molecule has 0 unspecified atom stereocenters. The molecule has 0 aliphatic heterocycles. The highest BCUT2D eigenvalue weighted by atomic mass is 16.5. The maximum atomic E-state index is 13.0. The van der Waals surface area contributed by atoms with Crippen LogP contribution in [0.4, 0.5) is 0 Å². The second kappa shape index (κ2) is 12.3. The number of nitrogens with one attached hydrogen (secondary N) is 1. The predicted octanol–water partition coefficient (Wildman–Crippen LogP) is 5.57. The van der Waals surface area contributed by atoms with Gasteiger partial charge in [-0.2, -0.15) is 0 Å². The summed E-state index contributed by atoms with van der Waals surface area (Å²) in [5.74, 6) is 0.0434. The van der Waals surface area contributed by atoms with Crippen LogP contribution in [-0.4, -0.2) is 16.9 Å². The molecule has 0 aliphatic rings. The maximum absolute atomic E-state index is 13.0. The van der Waals surface area contributed by atoms with E-state index in [2.05, 4.69) is 0 Å². The first-order valence-electron chi connectivity index (χ1n) is 11.8. The Morgan fingerprint density at radius 3 is 2.16 bits per heavy atom. The van der Waals surface area contributed by atoms with Gasteiger partial charge >= 0.3 is 5.97 Å². The molecular weight excluding hydrogens is 464 g/mol. The molecule has 37 heavy (non-hydrogen) atoms. The van der Waals surface area contributed by atoms with Crippen molar-refractivity contribution in [2.75, 3.05) is 0 Å². The molecule has 186 valence electrons. The lowest BCUT2D eigenvalue weighted by molar-refractivity contribution is 0.0472. The molecule has 0 saturated heterocycles. The van der Waals surface area contributed by atoms with E-state index in [1.165, 1.54) is 0 Å². The molecule has 0 bridgehead atoms. The number of benzene rings is 4. The summed E-state index contributed by atoms with van der Waals surface area (Å²) < 4.78 is 11.6. The van der Waals surface area contributed by atoms with Crippen molar-refractivity contribution in [1.82, 2.24) is 0 Å². The van der Waals surface area contributed by atoms with Crippen molar-refractivity contribution in [3.05, 3.63) is 136 Å². The van der Waals surface area contributed by atoms with Gasteiger partial charge in [0.05, 0.1) is 12.2 Å². The molecule has 0 fully saturated rings. The highest BCUT2D eigenvalue weighted by Gasteiger charge is 2.15. The Labute approximate surface area is 216 Å². The molecule has 6 nitrogen and oxygen atoms in total. The number of aliphatic hydroxyl groups is 1.